The number of ketones is 1. The minimum Gasteiger partial charge on any atom is -0.493 e. The lowest BCUT2D eigenvalue weighted by atomic mass is 9.99. The predicted molar refractivity (Wildman–Crippen MR) is 113 cm³/mol. The molecule has 1 fully saturated rings. The van der Waals surface area contributed by atoms with Gasteiger partial charge in [0.1, 0.15) is 5.78 Å². The first-order valence-corrected chi connectivity index (χ1v) is 10.5. The Labute approximate surface area is 174 Å². The van der Waals surface area contributed by atoms with Gasteiger partial charge >= 0.3 is 0 Å². The molecule has 7 heteroatoms. The standard InChI is InChI=1S/C22H23N3O3S/c1-27-18-13-12-16(14-19(18)28-2)25-21(15-8-4-3-5-9-15)23-24-22(25)29-20-11-7-6-10-17(20)26/h3-5,8-9,12-14,20H,6-7,10-11H2,1-2H3. The van der Waals surface area contributed by atoms with Gasteiger partial charge < -0.3 is 9.47 Å². The Morgan fingerprint density at radius 2 is 1.79 bits per heavy atom. The summed E-state index contributed by atoms with van der Waals surface area (Å²) in [6, 6.07) is 15.6. The van der Waals surface area contributed by atoms with Crippen LogP contribution in [0, 0.1) is 0 Å². The van der Waals surface area contributed by atoms with Crippen LogP contribution in [0.2, 0.25) is 0 Å². The SMILES string of the molecule is COc1ccc(-n2c(SC3CCCCC3=O)nnc2-c2ccccc2)cc1OC. The van der Waals surface area contributed by atoms with Crippen LogP contribution in [-0.4, -0.2) is 40.0 Å². The number of carbonyl (C=O) groups is 1. The Morgan fingerprint density at radius 3 is 2.52 bits per heavy atom. The molecular weight excluding hydrogens is 386 g/mol. The molecule has 1 heterocycles. The van der Waals surface area contributed by atoms with Crippen LogP contribution in [0.5, 0.6) is 11.5 Å². The normalized spacial score (nSPS) is 16.6. The van der Waals surface area contributed by atoms with E-state index in [0.29, 0.717) is 28.9 Å². The number of rotatable bonds is 6. The van der Waals surface area contributed by atoms with Gasteiger partial charge in [0, 0.05) is 18.1 Å². The summed E-state index contributed by atoms with van der Waals surface area (Å²) >= 11 is 1.50. The van der Waals surface area contributed by atoms with E-state index in [1.54, 1.807) is 14.2 Å². The molecule has 1 aromatic heterocycles. The predicted octanol–water partition coefficient (Wildman–Crippen LogP) is 4.56. The molecule has 3 aromatic rings. The summed E-state index contributed by atoms with van der Waals surface area (Å²) in [5.74, 6) is 2.30. The van der Waals surface area contributed by atoms with Gasteiger partial charge in [0.25, 0.3) is 0 Å². The lowest BCUT2D eigenvalue weighted by Gasteiger charge is -2.20. The lowest BCUT2D eigenvalue weighted by Crippen LogP contribution is -2.21. The fourth-order valence-corrected chi connectivity index (χ4v) is 4.69. The zero-order valence-electron chi connectivity index (χ0n) is 16.5. The smallest absolute Gasteiger partial charge is 0.196 e. The molecule has 0 spiro atoms. The number of aromatic nitrogens is 3. The first-order chi connectivity index (χ1) is 14.2. The van der Waals surface area contributed by atoms with Crippen LogP contribution in [-0.2, 0) is 4.79 Å². The second kappa shape index (κ2) is 8.69. The van der Waals surface area contributed by atoms with Gasteiger partial charge in [-0.25, -0.2) is 0 Å². The molecule has 0 aliphatic heterocycles. The zero-order chi connectivity index (χ0) is 20.2. The van der Waals surface area contributed by atoms with Crippen LogP contribution >= 0.6 is 11.8 Å². The molecule has 0 radical (unpaired) electrons. The maximum Gasteiger partial charge on any atom is 0.196 e. The first kappa shape index (κ1) is 19.5. The van der Waals surface area contributed by atoms with Crippen LogP contribution in [0.25, 0.3) is 17.1 Å². The topological polar surface area (TPSA) is 66.2 Å². The molecule has 150 valence electrons. The largest absolute Gasteiger partial charge is 0.493 e. The van der Waals surface area contributed by atoms with Gasteiger partial charge in [-0.2, -0.15) is 0 Å². The minimum absolute atomic E-state index is 0.0736. The van der Waals surface area contributed by atoms with Crippen LogP contribution in [0.3, 0.4) is 0 Å². The van der Waals surface area contributed by atoms with E-state index in [4.69, 9.17) is 9.47 Å². The monoisotopic (exact) mass is 409 g/mol. The Bertz CT molecular complexity index is 1000. The van der Waals surface area contributed by atoms with E-state index in [2.05, 4.69) is 10.2 Å². The summed E-state index contributed by atoms with van der Waals surface area (Å²) in [7, 11) is 3.23. The number of nitrogens with zero attached hydrogens (tertiary/aromatic N) is 3. The maximum atomic E-state index is 12.4. The van der Waals surface area contributed by atoms with E-state index >= 15 is 0 Å². The van der Waals surface area contributed by atoms with Gasteiger partial charge in [-0.15, -0.1) is 10.2 Å². The number of thioether (sulfide) groups is 1. The number of Topliss-reactive ketones (excluding diaryl/α,β-unsaturated/α-hetero) is 1. The summed E-state index contributed by atoms with van der Waals surface area (Å²) < 4.78 is 12.9. The molecule has 0 bridgehead atoms. The van der Waals surface area contributed by atoms with Gasteiger partial charge in [0.15, 0.2) is 22.5 Å². The fourth-order valence-electron chi connectivity index (χ4n) is 3.52. The van der Waals surface area contributed by atoms with Gasteiger partial charge in [-0.3, -0.25) is 9.36 Å². The summed E-state index contributed by atoms with van der Waals surface area (Å²) in [5.41, 5.74) is 1.81. The van der Waals surface area contributed by atoms with Crippen LogP contribution in [0.4, 0.5) is 0 Å². The molecule has 1 aliphatic rings. The second-order valence-electron chi connectivity index (χ2n) is 6.87. The molecular formula is C22H23N3O3S. The van der Waals surface area contributed by atoms with Crippen molar-refractivity contribution in [2.75, 3.05) is 14.2 Å². The first-order valence-electron chi connectivity index (χ1n) is 9.64. The number of carbonyl (C=O) groups excluding carboxylic acids is 1. The quantitative estimate of drug-likeness (QED) is 0.595. The number of ether oxygens (including phenoxy) is 2. The third-order valence-electron chi connectivity index (χ3n) is 5.04. The summed E-state index contributed by atoms with van der Waals surface area (Å²) in [4.78, 5) is 12.4. The molecule has 2 aromatic carbocycles. The number of benzene rings is 2. The van der Waals surface area contributed by atoms with Crippen molar-refractivity contribution in [1.29, 1.82) is 0 Å². The highest BCUT2D eigenvalue weighted by Gasteiger charge is 2.27. The van der Waals surface area contributed by atoms with Crippen molar-refractivity contribution < 1.29 is 14.3 Å². The van der Waals surface area contributed by atoms with E-state index in [-0.39, 0.29) is 5.25 Å². The maximum absolute atomic E-state index is 12.4. The molecule has 29 heavy (non-hydrogen) atoms. The van der Waals surface area contributed by atoms with Gasteiger partial charge in [-0.1, -0.05) is 48.5 Å². The van der Waals surface area contributed by atoms with Crippen molar-refractivity contribution in [1.82, 2.24) is 14.8 Å². The molecule has 1 aliphatic carbocycles. The van der Waals surface area contributed by atoms with Crippen molar-refractivity contribution >= 4 is 17.5 Å². The second-order valence-corrected chi connectivity index (χ2v) is 8.04. The van der Waals surface area contributed by atoms with Crippen LogP contribution < -0.4 is 9.47 Å². The Hall–Kier alpha value is -2.80. The molecule has 1 unspecified atom stereocenters. The van der Waals surface area contributed by atoms with E-state index in [1.165, 1.54) is 11.8 Å². The third kappa shape index (κ3) is 4.00. The van der Waals surface area contributed by atoms with Gasteiger partial charge in [0.05, 0.1) is 25.2 Å². The highest BCUT2D eigenvalue weighted by atomic mass is 32.2. The number of hydrogen-bond acceptors (Lipinski definition) is 6. The lowest BCUT2D eigenvalue weighted by molar-refractivity contribution is -0.119. The van der Waals surface area contributed by atoms with Crippen LogP contribution in [0.1, 0.15) is 25.7 Å². The van der Waals surface area contributed by atoms with Crippen molar-refractivity contribution in [3.05, 3.63) is 48.5 Å². The summed E-state index contributed by atoms with van der Waals surface area (Å²) in [5, 5.41) is 9.54. The molecule has 1 saturated carbocycles. The average Bonchev–Trinajstić information content (AvgIpc) is 3.19. The third-order valence-corrected chi connectivity index (χ3v) is 6.30. The summed E-state index contributed by atoms with van der Waals surface area (Å²) in [6.45, 7) is 0. The van der Waals surface area contributed by atoms with E-state index < -0.39 is 0 Å². The van der Waals surface area contributed by atoms with E-state index in [1.807, 2.05) is 53.1 Å². The molecule has 0 N–H and O–H groups in total. The molecule has 0 amide bonds. The molecule has 0 saturated heterocycles. The van der Waals surface area contributed by atoms with Gasteiger partial charge in [0.2, 0.25) is 0 Å². The van der Waals surface area contributed by atoms with Crippen molar-refractivity contribution in [3.63, 3.8) is 0 Å². The molecule has 1 atom stereocenters. The highest BCUT2D eigenvalue weighted by Crippen LogP contribution is 2.36. The Kier molecular flexibility index (Phi) is 5.85. The van der Waals surface area contributed by atoms with E-state index in [9.17, 15) is 4.79 Å². The van der Waals surface area contributed by atoms with Crippen molar-refractivity contribution in [2.24, 2.45) is 0 Å². The van der Waals surface area contributed by atoms with Crippen molar-refractivity contribution in [3.8, 4) is 28.6 Å². The number of methoxy groups -OCH3 is 2. The molecule has 4 rings (SSSR count). The minimum atomic E-state index is -0.0736. The highest BCUT2D eigenvalue weighted by molar-refractivity contribution is 8.00. The Balaban J connectivity index is 1.81. The summed E-state index contributed by atoms with van der Waals surface area (Å²) in [6.07, 6.45) is 3.57. The number of hydrogen-bond donors (Lipinski definition) is 0. The van der Waals surface area contributed by atoms with Gasteiger partial charge in [-0.05, 0) is 25.0 Å². The van der Waals surface area contributed by atoms with Crippen molar-refractivity contribution in [2.45, 2.75) is 36.1 Å². The fraction of sp³-hybridized carbons (Fsp3) is 0.318. The van der Waals surface area contributed by atoms with Crippen LogP contribution in [0.15, 0.2) is 53.7 Å². The average molecular weight is 410 g/mol. The van der Waals surface area contributed by atoms with E-state index in [0.717, 1.165) is 36.3 Å². The zero-order valence-corrected chi connectivity index (χ0v) is 17.3. The molecule has 6 nitrogen and oxygen atoms in total. The Morgan fingerprint density at radius 1 is 1.00 bits per heavy atom.